The van der Waals surface area contributed by atoms with Gasteiger partial charge in [-0.05, 0) is 0 Å². The number of carbonyl (C=O) groups is 2. The van der Waals surface area contributed by atoms with E-state index in [-0.39, 0.29) is 5.57 Å². The average molecular weight is 197 g/mol. The van der Waals surface area contributed by atoms with Gasteiger partial charge in [0.15, 0.2) is 0 Å². The second kappa shape index (κ2) is 3.26. The molecule has 0 aromatic rings. The third kappa shape index (κ3) is 1.42. The summed E-state index contributed by atoms with van der Waals surface area (Å²) in [6.07, 6.45) is 4.02. The van der Waals surface area contributed by atoms with Gasteiger partial charge in [-0.15, -0.1) is 0 Å². The maximum atomic E-state index is 10.9. The molecule has 5 heteroatoms. The molecule has 0 spiro atoms. The van der Waals surface area contributed by atoms with Gasteiger partial charge in [-0.1, -0.05) is 25.2 Å². The van der Waals surface area contributed by atoms with Crippen LogP contribution in [0.3, 0.4) is 0 Å². The van der Waals surface area contributed by atoms with Crippen molar-refractivity contribution in [3.05, 3.63) is 23.8 Å². The van der Waals surface area contributed by atoms with Crippen molar-refractivity contribution in [2.45, 2.75) is 12.5 Å². The first-order chi connectivity index (χ1) is 6.39. The van der Waals surface area contributed by atoms with Crippen LogP contribution >= 0.6 is 0 Å². The van der Waals surface area contributed by atoms with Gasteiger partial charge in [-0.3, -0.25) is 0 Å². The van der Waals surface area contributed by atoms with E-state index in [2.05, 4.69) is 0 Å². The summed E-state index contributed by atoms with van der Waals surface area (Å²) in [5.74, 6) is -3.12. The number of carboxylic acids is 2. The van der Waals surface area contributed by atoms with E-state index in [0.29, 0.717) is 0 Å². The molecule has 4 N–H and O–H groups in total. The van der Waals surface area contributed by atoms with Crippen LogP contribution in [0, 0.1) is 5.92 Å². The summed E-state index contributed by atoms with van der Waals surface area (Å²) in [5.41, 5.74) is 3.97. The van der Waals surface area contributed by atoms with E-state index >= 15 is 0 Å². The Kier molecular flexibility index (Phi) is 2.44. The molecule has 5 nitrogen and oxygen atoms in total. The normalized spacial score (nSPS) is 31.0. The fourth-order valence-electron chi connectivity index (χ4n) is 1.37. The molecule has 1 aliphatic carbocycles. The molecule has 0 aromatic heterocycles. The van der Waals surface area contributed by atoms with E-state index in [1.165, 1.54) is 25.2 Å². The molecule has 0 amide bonds. The molecule has 0 aromatic carbocycles. The summed E-state index contributed by atoms with van der Waals surface area (Å²) in [4.78, 5) is 21.6. The first-order valence-corrected chi connectivity index (χ1v) is 4.04. The number of hydrogen-bond acceptors (Lipinski definition) is 3. The van der Waals surface area contributed by atoms with Crippen molar-refractivity contribution in [1.82, 2.24) is 0 Å². The molecular formula is C9H11NO4. The smallest absolute Gasteiger partial charge is 0.331 e. The molecule has 0 radical (unpaired) electrons. The predicted octanol–water partition coefficient (Wildman–Crippen LogP) is -0.0146. The van der Waals surface area contributed by atoms with Crippen LogP contribution in [0.4, 0.5) is 0 Å². The fraction of sp³-hybridized carbons (Fsp3) is 0.333. The Morgan fingerprint density at radius 2 is 2.07 bits per heavy atom. The van der Waals surface area contributed by atoms with Crippen LogP contribution in [-0.2, 0) is 9.59 Å². The minimum Gasteiger partial charge on any atom is -0.480 e. The zero-order valence-corrected chi connectivity index (χ0v) is 7.60. The Balaban J connectivity index is 3.11. The molecular weight excluding hydrogens is 186 g/mol. The lowest BCUT2D eigenvalue weighted by atomic mass is 9.77. The van der Waals surface area contributed by atoms with Crippen LogP contribution in [0.2, 0.25) is 0 Å². The molecule has 1 rings (SSSR count). The molecule has 14 heavy (non-hydrogen) atoms. The van der Waals surface area contributed by atoms with Crippen LogP contribution < -0.4 is 5.73 Å². The lowest BCUT2D eigenvalue weighted by Crippen LogP contribution is -2.53. The van der Waals surface area contributed by atoms with Gasteiger partial charge in [0.1, 0.15) is 5.54 Å². The highest BCUT2D eigenvalue weighted by molar-refractivity contribution is 5.92. The maximum absolute atomic E-state index is 10.9. The number of aliphatic carboxylic acids is 2. The van der Waals surface area contributed by atoms with E-state index in [0.717, 1.165) is 0 Å². The Labute approximate surface area is 80.5 Å². The van der Waals surface area contributed by atoms with Crippen LogP contribution in [0.5, 0.6) is 0 Å². The van der Waals surface area contributed by atoms with Gasteiger partial charge in [-0.25, -0.2) is 9.59 Å². The van der Waals surface area contributed by atoms with Crippen molar-refractivity contribution >= 4 is 11.9 Å². The maximum Gasteiger partial charge on any atom is 0.331 e. The summed E-state index contributed by atoms with van der Waals surface area (Å²) in [7, 11) is 0. The quantitative estimate of drug-likeness (QED) is 0.577. The molecule has 0 bridgehead atoms. The van der Waals surface area contributed by atoms with Gasteiger partial charge >= 0.3 is 11.9 Å². The summed E-state index contributed by atoms with van der Waals surface area (Å²) in [6.45, 7) is 1.48. The van der Waals surface area contributed by atoms with Crippen molar-refractivity contribution in [2.24, 2.45) is 11.7 Å². The van der Waals surface area contributed by atoms with Crippen LogP contribution in [-0.4, -0.2) is 27.7 Å². The van der Waals surface area contributed by atoms with Gasteiger partial charge < -0.3 is 15.9 Å². The first kappa shape index (κ1) is 10.5. The molecule has 0 saturated heterocycles. The topological polar surface area (TPSA) is 101 Å². The van der Waals surface area contributed by atoms with Gasteiger partial charge in [0.2, 0.25) is 0 Å². The lowest BCUT2D eigenvalue weighted by Gasteiger charge is -2.30. The number of allylic oxidation sites excluding steroid dienone is 2. The molecule has 0 saturated carbocycles. The van der Waals surface area contributed by atoms with E-state index in [9.17, 15) is 9.59 Å². The van der Waals surface area contributed by atoms with Crippen molar-refractivity contribution in [3.8, 4) is 0 Å². The molecule has 2 unspecified atom stereocenters. The standard InChI is InChI=1S/C9H11NO4/c1-5-6(7(11)12)3-2-4-9(5,10)8(13)14/h2-5H,10H2,1H3,(H,11,12)(H,13,14). The molecule has 2 atom stereocenters. The molecule has 76 valence electrons. The number of nitrogens with two attached hydrogens (primary N) is 1. The summed E-state index contributed by atoms with van der Waals surface area (Å²) >= 11 is 0. The minimum atomic E-state index is -1.62. The summed E-state index contributed by atoms with van der Waals surface area (Å²) < 4.78 is 0. The van der Waals surface area contributed by atoms with Crippen LogP contribution in [0.1, 0.15) is 6.92 Å². The second-order valence-electron chi connectivity index (χ2n) is 3.25. The first-order valence-electron chi connectivity index (χ1n) is 4.04. The molecule has 0 heterocycles. The Hall–Kier alpha value is -1.62. The van der Waals surface area contributed by atoms with Crippen LogP contribution in [0.25, 0.3) is 0 Å². The summed E-state index contributed by atoms with van der Waals surface area (Å²) in [5, 5.41) is 17.6. The second-order valence-corrected chi connectivity index (χ2v) is 3.25. The third-order valence-electron chi connectivity index (χ3n) is 2.45. The Morgan fingerprint density at radius 1 is 1.50 bits per heavy atom. The minimum absolute atomic E-state index is 0.0115. The van der Waals surface area contributed by atoms with Crippen LogP contribution in [0.15, 0.2) is 23.8 Å². The van der Waals surface area contributed by atoms with Crippen molar-refractivity contribution in [3.63, 3.8) is 0 Å². The molecule has 1 aliphatic rings. The van der Waals surface area contributed by atoms with Gasteiger partial charge in [0.05, 0.1) is 0 Å². The average Bonchev–Trinajstić information content (AvgIpc) is 2.09. The van der Waals surface area contributed by atoms with Gasteiger partial charge in [0.25, 0.3) is 0 Å². The van der Waals surface area contributed by atoms with Crippen molar-refractivity contribution in [2.75, 3.05) is 0 Å². The number of hydrogen-bond donors (Lipinski definition) is 3. The fourth-order valence-corrected chi connectivity index (χ4v) is 1.37. The van der Waals surface area contributed by atoms with E-state index in [1.54, 1.807) is 0 Å². The zero-order valence-electron chi connectivity index (χ0n) is 7.60. The molecule has 0 fully saturated rings. The lowest BCUT2D eigenvalue weighted by molar-refractivity contribution is -0.143. The summed E-state index contributed by atoms with van der Waals surface area (Å²) in [6, 6.07) is 0. The SMILES string of the molecule is CC1C(C(=O)O)=CC=CC1(N)C(=O)O. The van der Waals surface area contributed by atoms with E-state index < -0.39 is 23.4 Å². The van der Waals surface area contributed by atoms with E-state index in [4.69, 9.17) is 15.9 Å². The largest absolute Gasteiger partial charge is 0.480 e. The van der Waals surface area contributed by atoms with Gasteiger partial charge in [-0.2, -0.15) is 0 Å². The zero-order chi connectivity index (χ0) is 10.9. The number of carboxylic acid groups (broad SMARTS) is 2. The molecule has 0 aliphatic heterocycles. The Bertz CT molecular complexity index is 345. The van der Waals surface area contributed by atoms with Gasteiger partial charge in [0, 0.05) is 11.5 Å². The van der Waals surface area contributed by atoms with Crippen molar-refractivity contribution < 1.29 is 19.8 Å². The Morgan fingerprint density at radius 3 is 2.50 bits per heavy atom. The van der Waals surface area contributed by atoms with Crippen molar-refractivity contribution in [1.29, 1.82) is 0 Å². The number of rotatable bonds is 2. The van der Waals surface area contributed by atoms with E-state index in [1.807, 2.05) is 0 Å². The third-order valence-corrected chi connectivity index (χ3v) is 2.45. The monoisotopic (exact) mass is 197 g/mol. The highest BCUT2D eigenvalue weighted by atomic mass is 16.4. The highest BCUT2D eigenvalue weighted by Crippen LogP contribution is 2.28. The predicted molar refractivity (Wildman–Crippen MR) is 48.6 cm³/mol. The highest BCUT2D eigenvalue weighted by Gasteiger charge is 2.42.